The summed E-state index contributed by atoms with van der Waals surface area (Å²) < 4.78 is 16.9. The van der Waals surface area contributed by atoms with Crippen LogP contribution in [-0.4, -0.2) is 42.8 Å². The molecule has 9 heteroatoms. The lowest BCUT2D eigenvalue weighted by Crippen LogP contribution is -2.39. The molecule has 9 nitrogen and oxygen atoms in total. The summed E-state index contributed by atoms with van der Waals surface area (Å²) in [7, 11) is 0. The molecular weight excluding hydrogens is 426 g/mol. The molecule has 0 radical (unpaired) electrons. The Labute approximate surface area is 192 Å². The molecule has 1 aliphatic heterocycles. The minimum Gasteiger partial charge on any atom is -0.463 e. The fraction of sp³-hybridized carbons (Fsp3) is 0.333. The Hall–Kier alpha value is -3.56. The molecular formula is C24H27N3O6. The number of esters is 1. The minimum atomic E-state index is -0.915. The topological polar surface area (TPSA) is 112 Å². The van der Waals surface area contributed by atoms with Crippen LogP contribution in [0.15, 0.2) is 70.9 Å². The van der Waals surface area contributed by atoms with Gasteiger partial charge in [0.15, 0.2) is 0 Å². The van der Waals surface area contributed by atoms with Gasteiger partial charge in [-0.1, -0.05) is 42.5 Å². The Morgan fingerprint density at radius 3 is 2.36 bits per heavy atom. The molecule has 1 aliphatic rings. The lowest BCUT2D eigenvalue weighted by Gasteiger charge is -2.31. The van der Waals surface area contributed by atoms with Crippen LogP contribution in [0.5, 0.6) is 0 Å². The van der Waals surface area contributed by atoms with Gasteiger partial charge in [0, 0.05) is 30.9 Å². The molecule has 0 saturated carbocycles. The van der Waals surface area contributed by atoms with Gasteiger partial charge >= 0.3 is 5.97 Å². The molecule has 0 fully saturated rings. The fourth-order valence-electron chi connectivity index (χ4n) is 3.50. The van der Waals surface area contributed by atoms with Gasteiger partial charge in [-0.25, -0.2) is 9.79 Å². The number of hydrogen-bond donors (Lipinski definition) is 1. The normalized spacial score (nSPS) is 15.8. The lowest BCUT2D eigenvalue weighted by molar-refractivity contribution is -0.384. The third-order valence-corrected chi connectivity index (χ3v) is 4.89. The van der Waals surface area contributed by atoms with Crippen LogP contribution >= 0.6 is 0 Å². The van der Waals surface area contributed by atoms with E-state index in [2.05, 4.69) is 5.32 Å². The minimum absolute atomic E-state index is 0.0889. The zero-order chi connectivity index (χ0) is 23.8. The zero-order valence-corrected chi connectivity index (χ0v) is 18.8. The van der Waals surface area contributed by atoms with E-state index in [4.69, 9.17) is 19.2 Å². The van der Waals surface area contributed by atoms with Crippen molar-refractivity contribution in [1.29, 1.82) is 0 Å². The van der Waals surface area contributed by atoms with Crippen molar-refractivity contribution in [1.82, 2.24) is 5.32 Å². The summed E-state index contributed by atoms with van der Waals surface area (Å²) in [6.45, 7) is 6.15. The number of amidine groups is 1. The summed E-state index contributed by atoms with van der Waals surface area (Å²) >= 11 is 0. The summed E-state index contributed by atoms with van der Waals surface area (Å²) in [5, 5.41) is 14.7. The second kappa shape index (κ2) is 11.3. The van der Waals surface area contributed by atoms with Crippen molar-refractivity contribution in [2.45, 2.75) is 33.1 Å². The van der Waals surface area contributed by atoms with Crippen molar-refractivity contribution in [3.8, 4) is 0 Å². The summed E-state index contributed by atoms with van der Waals surface area (Å²) in [4.78, 5) is 28.8. The van der Waals surface area contributed by atoms with E-state index < -0.39 is 23.2 Å². The zero-order valence-electron chi connectivity index (χ0n) is 18.8. The van der Waals surface area contributed by atoms with Gasteiger partial charge in [0.2, 0.25) is 6.29 Å². The Morgan fingerprint density at radius 2 is 1.76 bits per heavy atom. The van der Waals surface area contributed by atoms with Crippen LogP contribution < -0.4 is 5.32 Å². The molecule has 2 aromatic rings. The Morgan fingerprint density at radius 1 is 1.06 bits per heavy atom. The highest BCUT2D eigenvalue weighted by Crippen LogP contribution is 2.34. The van der Waals surface area contributed by atoms with E-state index in [1.807, 2.05) is 44.2 Å². The summed E-state index contributed by atoms with van der Waals surface area (Å²) in [6.07, 6.45) is -0.915. The first-order valence-corrected chi connectivity index (χ1v) is 10.8. The number of nitrogens with zero attached hydrogens (tertiary/aromatic N) is 2. The lowest BCUT2D eigenvalue weighted by atomic mass is 9.93. The average molecular weight is 453 g/mol. The molecule has 33 heavy (non-hydrogen) atoms. The number of rotatable bonds is 10. The molecule has 1 N–H and O–H groups in total. The number of aliphatic imine (C=N–C) groups is 1. The third-order valence-electron chi connectivity index (χ3n) is 4.89. The predicted octanol–water partition coefficient (Wildman–Crippen LogP) is 3.90. The molecule has 2 aromatic carbocycles. The number of benzene rings is 2. The molecule has 0 aromatic heterocycles. The molecule has 0 bridgehead atoms. The summed E-state index contributed by atoms with van der Waals surface area (Å²) in [5.74, 6) is -0.115. The predicted molar refractivity (Wildman–Crippen MR) is 123 cm³/mol. The number of carbonyl (C=O) groups is 1. The van der Waals surface area contributed by atoms with Crippen LogP contribution in [-0.2, 0) is 19.0 Å². The van der Waals surface area contributed by atoms with Crippen LogP contribution in [0.25, 0.3) is 0 Å². The van der Waals surface area contributed by atoms with Crippen molar-refractivity contribution in [2.75, 3.05) is 19.8 Å². The van der Waals surface area contributed by atoms with Crippen LogP contribution in [0.3, 0.4) is 0 Å². The second-order valence-electron chi connectivity index (χ2n) is 7.02. The average Bonchev–Trinajstić information content (AvgIpc) is 2.84. The third kappa shape index (κ3) is 5.63. The van der Waals surface area contributed by atoms with Gasteiger partial charge < -0.3 is 19.5 Å². The maximum Gasteiger partial charge on any atom is 0.338 e. The molecule has 1 unspecified atom stereocenters. The van der Waals surface area contributed by atoms with Gasteiger partial charge in [0.05, 0.1) is 23.1 Å². The number of hydrogen-bond acceptors (Lipinski definition) is 8. The maximum absolute atomic E-state index is 13.1. The van der Waals surface area contributed by atoms with Crippen LogP contribution in [0.1, 0.15) is 37.9 Å². The van der Waals surface area contributed by atoms with Crippen LogP contribution in [0, 0.1) is 10.1 Å². The number of nitro groups is 1. The van der Waals surface area contributed by atoms with Crippen molar-refractivity contribution in [3.63, 3.8) is 0 Å². The number of nitrogens with one attached hydrogen (secondary N) is 1. The Balaban J connectivity index is 2.25. The highest BCUT2D eigenvalue weighted by molar-refractivity contribution is 6.03. The highest BCUT2D eigenvalue weighted by Gasteiger charge is 2.36. The standard InChI is InChI=1S/C24H27N3O6/c1-4-31-23(28)19-20(17-13-10-14-18(15-17)27(29)30)25-22(16-11-8-7-9-12-16)26-21(19)24(32-5-2)33-6-3/h7-15,20,24H,4-6H2,1-3H3,(H,25,26). The monoisotopic (exact) mass is 453 g/mol. The van der Waals surface area contributed by atoms with E-state index in [0.717, 1.165) is 5.56 Å². The molecule has 0 saturated heterocycles. The van der Waals surface area contributed by atoms with E-state index in [9.17, 15) is 14.9 Å². The van der Waals surface area contributed by atoms with Crippen molar-refractivity contribution in [3.05, 3.63) is 87.1 Å². The van der Waals surface area contributed by atoms with E-state index >= 15 is 0 Å². The van der Waals surface area contributed by atoms with Gasteiger partial charge in [0.1, 0.15) is 11.5 Å². The van der Waals surface area contributed by atoms with E-state index in [1.54, 1.807) is 19.1 Å². The number of nitro benzene ring substituents is 1. The van der Waals surface area contributed by atoms with Crippen LogP contribution in [0.4, 0.5) is 5.69 Å². The van der Waals surface area contributed by atoms with Crippen molar-refractivity contribution in [2.24, 2.45) is 4.99 Å². The SMILES string of the molecule is CCOC(=O)C1=C(C(OCC)OCC)N=C(c2ccccc2)NC1c1cccc([N+](=O)[O-])c1. The number of carbonyl (C=O) groups excluding carboxylic acids is 1. The Bertz CT molecular complexity index is 1050. The van der Waals surface area contributed by atoms with Gasteiger partial charge in [-0.05, 0) is 26.3 Å². The van der Waals surface area contributed by atoms with E-state index in [0.29, 0.717) is 24.6 Å². The molecule has 3 rings (SSSR count). The molecule has 1 heterocycles. The maximum atomic E-state index is 13.1. The van der Waals surface area contributed by atoms with Gasteiger partial charge in [-0.2, -0.15) is 0 Å². The van der Waals surface area contributed by atoms with Gasteiger partial charge in [-0.15, -0.1) is 0 Å². The largest absolute Gasteiger partial charge is 0.463 e. The van der Waals surface area contributed by atoms with E-state index in [-0.39, 0.29) is 23.6 Å². The second-order valence-corrected chi connectivity index (χ2v) is 7.02. The van der Waals surface area contributed by atoms with E-state index in [1.165, 1.54) is 12.1 Å². The first-order chi connectivity index (χ1) is 16.0. The van der Waals surface area contributed by atoms with Crippen LogP contribution in [0.2, 0.25) is 0 Å². The quantitative estimate of drug-likeness (QED) is 0.251. The summed E-state index contributed by atoms with van der Waals surface area (Å²) in [5.41, 5.74) is 1.66. The van der Waals surface area contributed by atoms with Crippen molar-refractivity contribution >= 4 is 17.5 Å². The Kier molecular flexibility index (Phi) is 8.28. The number of ether oxygens (including phenoxy) is 3. The molecule has 174 valence electrons. The van der Waals surface area contributed by atoms with Gasteiger partial charge in [-0.3, -0.25) is 10.1 Å². The van der Waals surface area contributed by atoms with Crippen molar-refractivity contribution < 1.29 is 23.9 Å². The summed E-state index contributed by atoms with van der Waals surface area (Å²) in [6, 6.07) is 14.7. The highest BCUT2D eigenvalue weighted by atomic mass is 16.7. The smallest absolute Gasteiger partial charge is 0.338 e. The molecule has 1 atom stereocenters. The molecule has 0 aliphatic carbocycles. The molecule has 0 spiro atoms. The molecule has 0 amide bonds. The fourth-order valence-corrected chi connectivity index (χ4v) is 3.50. The first kappa shape index (κ1) is 24.1. The first-order valence-electron chi connectivity index (χ1n) is 10.8. The van der Waals surface area contributed by atoms with Gasteiger partial charge in [0.25, 0.3) is 5.69 Å². The number of non-ortho nitro benzene ring substituents is 1.